The summed E-state index contributed by atoms with van der Waals surface area (Å²) >= 11 is 0. The van der Waals surface area contributed by atoms with E-state index in [0.29, 0.717) is 0 Å². The van der Waals surface area contributed by atoms with Crippen LogP contribution < -0.4 is 10.6 Å². The summed E-state index contributed by atoms with van der Waals surface area (Å²) in [6.45, 7) is 1.55. The van der Waals surface area contributed by atoms with Crippen LogP contribution in [0.3, 0.4) is 0 Å². The Morgan fingerprint density at radius 2 is 2.00 bits per heavy atom. The molecule has 0 spiro atoms. The Morgan fingerprint density at radius 3 is 2.50 bits per heavy atom. The van der Waals surface area contributed by atoms with Gasteiger partial charge < -0.3 is 0 Å². The highest BCUT2D eigenvalue weighted by Gasteiger charge is 2.26. The molecule has 54 valence electrons. The molecule has 0 radical (unpaired) electrons. The van der Waals surface area contributed by atoms with E-state index < -0.39 is 17.9 Å². The standard InChI is InChI=1S/C5H7N3O2/c1-2-3(6)7-5(10)8-4(2)9/h2H,1H3,(H3,6,7,8,9,10). The Bertz CT molecular complexity index is 191. The van der Waals surface area contributed by atoms with E-state index in [1.807, 2.05) is 5.32 Å². The second-order valence-electron chi connectivity index (χ2n) is 2.08. The minimum absolute atomic E-state index is 0.0475. The number of nitrogens with one attached hydrogen (secondary N) is 3. The van der Waals surface area contributed by atoms with Crippen molar-refractivity contribution in [1.82, 2.24) is 10.6 Å². The molecule has 0 aromatic heterocycles. The van der Waals surface area contributed by atoms with Crippen molar-refractivity contribution in [3.8, 4) is 0 Å². The third-order valence-corrected chi connectivity index (χ3v) is 1.31. The third-order valence-electron chi connectivity index (χ3n) is 1.31. The lowest BCUT2D eigenvalue weighted by atomic mass is 10.1. The monoisotopic (exact) mass is 141 g/mol. The van der Waals surface area contributed by atoms with Gasteiger partial charge >= 0.3 is 6.03 Å². The van der Waals surface area contributed by atoms with E-state index in [9.17, 15) is 9.59 Å². The van der Waals surface area contributed by atoms with Crippen LogP contribution in [0.2, 0.25) is 0 Å². The average molecular weight is 141 g/mol. The fraction of sp³-hybridized carbons (Fsp3) is 0.400. The first kappa shape index (κ1) is 6.73. The molecule has 0 bridgehead atoms. The van der Waals surface area contributed by atoms with Crippen molar-refractivity contribution >= 4 is 17.8 Å². The first-order valence-electron chi connectivity index (χ1n) is 2.81. The van der Waals surface area contributed by atoms with Gasteiger partial charge in [0.15, 0.2) is 0 Å². The van der Waals surface area contributed by atoms with Crippen molar-refractivity contribution in [3.63, 3.8) is 0 Å². The van der Waals surface area contributed by atoms with Gasteiger partial charge in [-0.2, -0.15) is 0 Å². The van der Waals surface area contributed by atoms with Crippen molar-refractivity contribution in [2.75, 3.05) is 0 Å². The summed E-state index contributed by atoms with van der Waals surface area (Å²) in [5, 5.41) is 11.3. The zero-order valence-corrected chi connectivity index (χ0v) is 5.39. The molecule has 3 N–H and O–H groups in total. The molecule has 5 heteroatoms. The normalized spacial score (nSPS) is 25.7. The molecule has 1 saturated heterocycles. The summed E-state index contributed by atoms with van der Waals surface area (Å²) in [5.41, 5.74) is 0. The maximum absolute atomic E-state index is 10.7. The minimum Gasteiger partial charge on any atom is -0.295 e. The largest absolute Gasteiger partial charge is 0.326 e. The van der Waals surface area contributed by atoms with Gasteiger partial charge in [-0.15, -0.1) is 0 Å². The van der Waals surface area contributed by atoms with E-state index in [2.05, 4.69) is 5.32 Å². The van der Waals surface area contributed by atoms with E-state index in [4.69, 9.17) is 5.41 Å². The first-order chi connectivity index (χ1) is 4.61. The summed E-state index contributed by atoms with van der Waals surface area (Å²) in [7, 11) is 0. The molecule has 1 aliphatic rings. The fourth-order valence-electron chi connectivity index (χ4n) is 0.613. The SMILES string of the molecule is CC1C(=N)NC(=O)NC1=O. The number of amidine groups is 1. The number of carbonyl (C=O) groups excluding carboxylic acids is 2. The van der Waals surface area contributed by atoms with Gasteiger partial charge in [0.25, 0.3) is 0 Å². The first-order valence-corrected chi connectivity index (χ1v) is 2.81. The Hall–Kier alpha value is -1.39. The van der Waals surface area contributed by atoms with Crippen molar-refractivity contribution in [2.45, 2.75) is 6.92 Å². The Kier molecular flexibility index (Phi) is 1.41. The van der Waals surface area contributed by atoms with Crippen LogP contribution in [0.4, 0.5) is 4.79 Å². The molecule has 10 heavy (non-hydrogen) atoms. The number of hydrogen-bond acceptors (Lipinski definition) is 3. The van der Waals surface area contributed by atoms with Crippen molar-refractivity contribution in [1.29, 1.82) is 5.41 Å². The summed E-state index contributed by atoms with van der Waals surface area (Å²) in [6.07, 6.45) is 0. The number of amides is 3. The molecule has 0 aromatic carbocycles. The Balaban J connectivity index is 2.76. The molecule has 0 aromatic rings. The smallest absolute Gasteiger partial charge is 0.295 e. The zero-order valence-electron chi connectivity index (χ0n) is 5.39. The van der Waals surface area contributed by atoms with Crippen LogP contribution >= 0.6 is 0 Å². The van der Waals surface area contributed by atoms with Gasteiger partial charge in [0.2, 0.25) is 5.91 Å². The molecule has 1 unspecified atom stereocenters. The van der Waals surface area contributed by atoms with Crippen LogP contribution in [0.1, 0.15) is 6.92 Å². The van der Waals surface area contributed by atoms with E-state index in [0.717, 1.165) is 0 Å². The predicted octanol–water partition coefficient (Wildman–Crippen LogP) is -0.561. The van der Waals surface area contributed by atoms with E-state index >= 15 is 0 Å². The summed E-state index contributed by atoms with van der Waals surface area (Å²) in [6, 6.07) is -0.617. The predicted molar refractivity (Wildman–Crippen MR) is 33.6 cm³/mol. The van der Waals surface area contributed by atoms with E-state index in [-0.39, 0.29) is 5.84 Å². The highest BCUT2D eigenvalue weighted by molar-refractivity contribution is 6.16. The molecule has 3 amide bonds. The van der Waals surface area contributed by atoms with Gasteiger partial charge in [-0.25, -0.2) is 4.79 Å². The Labute approximate surface area is 57.3 Å². The number of urea groups is 1. The lowest BCUT2D eigenvalue weighted by Crippen LogP contribution is -2.54. The molecule has 1 atom stereocenters. The van der Waals surface area contributed by atoms with Gasteiger partial charge in [-0.1, -0.05) is 0 Å². The molecule has 1 aliphatic heterocycles. The van der Waals surface area contributed by atoms with Crippen molar-refractivity contribution in [2.24, 2.45) is 5.92 Å². The maximum atomic E-state index is 10.7. The van der Waals surface area contributed by atoms with Crippen molar-refractivity contribution < 1.29 is 9.59 Å². The molecule has 0 saturated carbocycles. The van der Waals surface area contributed by atoms with Crippen LogP contribution in [0.15, 0.2) is 0 Å². The van der Waals surface area contributed by atoms with Gasteiger partial charge in [-0.3, -0.25) is 20.8 Å². The minimum atomic E-state index is -0.617. The number of rotatable bonds is 0. The van der Waals surface area contributed by atoms with E-state index in [1.54, 1.807) is 6.92 Å². The Morgan fingerprint density at radius 1 is 1.40 bits per heavy atom. The van der Waals surface area contributed by atoms with Gasteiger partial charge in [-0.05, 0) is 6.92 Å². The van der Waals surface area contributed by atoms with Crippen LogP contribution in [-0.2, 0) is 4.79 Å². The van der Waals surface area contributed by atoms with Gasteiger partial charge in [0.05, 0.1) is 5.92 Å². The van der Waals surface area contributed by atoms with Crippen LogP contribution in [0, 0.1) is 11.3 Å². The molecule has 5 nitrogen and oxygen atoms in total. The third kappa shape index (κ3) is 0.975. The zero-order chi connectivity index (χ0) is 7.72. The summed E-state index contributed by atoms with van der Waals surface area (Å²) in [4.78, 5) is 21.1. The quantitative estimate of drug-likeness (QED) is 0.422. The topological polar surface area (TPSA) is 82.1 Å². The van der Waals surface area contributed by atoms with Crippen molar-refractivity contribution in [3.05, 3.63) is 0 Å². The lowest BCUT2D eigenvalue weighted by molar-refractivity contribution is -0.121. The second-order valence-corrected chi connectivity index (χ2v) is 2.08. The van der Waals surface area contributed by atoms with Crippen LogP contribution in [-0.4, -0.2) is 17.8 Å². The number of carbonyl (C=O) groups is 2. The highest BCUT2D eigenvalue weighted by Crippen LogP contribution is 1.98. The molecule has 1 fully saturated rings. The summed E-state index contributed by atoms with van der Waals surface area (Å²) < 4.78 is 0. The summed E-state index contributed by atoms with van der Waals surface area (Å²) in [5.74, 6) is -1.01. The maximum Gasteiger partial charge on any atom is 0.326 e. The average Bonchev–Trinajstić information content (AvgIpc) is 1.82. The van der Waals surface area contributed by atoms with Crippen LogP contribution in [0.25, 0.3) is 0 Å². The lowest BCUT2D eigenvalue weighted by Gasteiger charge is -2.18. The number of hydrogen-bond donors (Lipinski definition) is 3. The molecule has 1 heterocycles. The van der Waals surface area contributed by atoms with Gasteiger partial charge in [0.1, 0.15) is 5.84 Å². The van der Waals surface area contributed by atoms with E-state index in [1.165, 1.54) is 0 Å². The number of imide groups is 1. The van der Waals surface area contributed by atoms with Gasteiger partial charge in [0, 0.05) is 0 Å². The fourth-order valence-corrected chi connectivity index (χ4v) is 0.613. The highest BCUT2D eigenvalue weighted by atomic mass is 16.2. The van der Waals surface area contributed by atoms with Crippen LogP contribution in [0.5, 0.6) is 0 Å². The molecular weight excluding hydrogens is 134 g/mol. The molecular formula is C5H7N3O2. The molecule has 1 rings (SSSR count). The molecule has 0 aliphatic carbocycles. The second kappa shape index (κ2) is 2.09.